The second-order valence-corrected chi connectivity index (χ2v) is 3.27. The fourth-order valence-corrected chi connectivity index (χ4v) is 0.992. The molecule has 4 heteroatoms. The minimum absolute atomic E-state index is 0.0236. The maximum atomic E-state index is 12.7. The molecule has 1 aromatic carbocycles. The molecule has 0 bridgehead atoms. The Kier molecular flexibility index (Phi) is 3.25. The predicted molar refractivity (Wildman–Crippen MR) is 54.9 cm³/mol. The van der Waals surface area contributed by atoms with Crippen molar-refractivity contribution in [3.05, 3.63) is 41.2 Å². The Bertz CT molecular complexity index is 390. The van der Waals surface area contributed by atoms with E-state index in [1.807, 2.05) is 0 Å². The van der Waals surface area contributed by atoms with E-state index < -0.39 is 5.82 Å². The smallest absolute Gasteiger partial charge is 0.250 e. The average Bonchev–Trinajstić information content (AvgIpc) is 2.11. The number of rotatable bonds is 2. The number of anilines is 1. The molecular formula is C10H9ClFNO. The summed E-state index contributed by atoms with van der Waals surface area (Å²) >= 11 is 5.53. The van der Waals surface area contributed by atoms with E-state index in [1.165, 1.54) is 18.2 Å². The van der Waals surface area contributed by atoms with Gasteiger partial charge in [0.1, 0.15) is 5.82 Å². The fraction of sp³-hybridized carbons (Fsp3) is 0.100. The minimum atomic E-state index is -0.514. The van der Waals surface area contributed by atoms with E-state index >= 15 is 0 Å². The van der Waals surface area contributed by atoms with Gasteiger partial charge in [-0.05, 0) is 25.1 Å². The van der Waals surface area contributed by atoms with E-state index in [0.29, 0.717) is 11.3 Å². The summed E-state index contributed by atoms with van der Waals surface area (Å²) in [5.41, 5.74) is 0.829. The summed E-state index contributed by atoms with van der Waals surface area (Å²) in [5, 5.41) is 2.50. The Balaban J connectivity index is 2.83. The Hall–Kier alpha value is -1.35. The lowest BCUT2D eigenvalue weighted by Gasteiger charge is -2.04. The number of halogens is 2. The number of carbonyl (C=O) groups is 1. The Morgan fingerprint density at radius 2 is 2.21 bits per heavy atom. The second kappa shape index (κ2) is 4.24. The van der Waals surface area contributed by atoms with E-state index in [2.05, 4.69) is 11.9 Å². The number of benzene rings is 1. The molecule has 0 unspecified atom stereocenters. The van der Waals surface area contributed by atoms with Gasteiger partial charge in [0, 0.05) is 11.3 Å². The molecule has 0 aliphatic heterocycles. The molecule has 1 N–H and O–H groups in total. The molecule has 0 atom stereocenters. The lowest BCUT2D eigenvalue weighted by atomic mass is 10.2. The molecule has 0 spiro atoms. The monoisotopic (exact) mass is 213 g/mol. The zero-order valence-corrected chi connectivity index (χ0v) is 8.36. The third-order valence-electron chi connectivity index (χ3n) is 1.57. The first-order valence-electron chi connectivity index (χ1n) is 3.92. The van der Waals surface area contributed by atoms with Gasteiger partial charge >= 0.3 is 0 Å². The summed E-state index contributed by atoms with van der Waals surface area (Å²) in [5.74, 6) is -0.826. The molecule has 74 valence electrons. The van der Waals surface area contributed by atoms with Crippen LogP contribution >= 0.6 is 11.6 Å². The lowest BCUT2D eigenvalue weighted by Crippen LogP contribution is -2.11. The van der Waals surface area contributed by atoms with Crippen LogP contribution < -0.4 is 5.32 Å². The number of hydrogen-bond donors (Lipinski definition) is 1. The minimum Gasteiger partial charge on any atom is -0.322 e. The molecular weight excluding hydrogens is 205 g/mol. The highest BCUT2D eigenvalue weighted by atomic mass is 35.5. The molecule has 0 aliphatic carbocycles. The lowest BCUT2D eigenvalue weighted by molar-refractivity contribution is -0.112. The van der Waals surface area contributed by atoms with Crippen LogP contribution in [0.15, 0.2) is 30.4 Å². The molecule has 0 radical (unpaired) electrons. The van der Waals surface area contributed by atoms with Gasteiger partial charge in [0.15, 0.2) is 0 Å². The average molecular weight is 214 g/mol. The molecule has 2 nitrogen and oxygen atoms in total. The van der Waals surface area contributed by atoms with E-state index in [9.17, 15) is 9.18 Å². The van der Waals surface area contributed by atoms with Crippen molar-refractivity contribution in [3.63, 3.8) is 0 Å². The molecule has 0 heterocycles. The van der Waals surface area contributed by atoms with Gasteiger partial charge in [-0.1, -0.05) is 18.2 Å². The Morgan fingerprint density at radius 3 is 2.71 bits per heavy atom. The number of hydrogen-bond acceptors (Lipinski definition) is 1. The van der Waals surface area contributed by atoms with Crippen LogP contribution in [0.2, 0.25) is 5.02 Å². The van der Waals surface area contributed by atoms with E-state index in [1.54, 1.807) is 6.92 Å². The van der Waals surface area contributed by atoms with Gasteiger partial charge in [-0.15, -0.1) is 0 Å². The van der Waals surface area contributed by atoms with Crippen LogP contribution in [0.3, 0.4) is 0 Å². The first-order chi connectivity index (χ1) is 6.50. The van der Waals surface area contributed by atoms with Gasteiger partial charge in [-0.3, -0.25) is 4.79 Å². The SMILES string of the molecule is C=C(C)C(=O)Nc1ccc(F)c(Cl)c1. The van der Waals surface area contributed by atoms with E-state index in [0.717, 1.165) is 0 Å². The van der Waals surface area contributed by atoms with Gasteiger partial charge in [-0.25, -0.2) is 4.39 Å². The molecule has 14 heavy (non-hydrogen) atoms. The number of nitrogens with one attached hydrogen (secondary N) is 1. The van der Waals surface area contributed by atoms with Crippen LogP contribution in [0.25, 0.3) is 0 Å². The maximum absolute atomic E-state index is 12.7. The van der Waals surface area contributed by atoms with Gasteiger partial charge in [-0.2, -0.15) is 0 Å². The molecule has 0 saturated heterocycles. The third-order valence-corrected chi connectivity index (χ3v) is 1.85. The van der Waals surface area contributed by atoms with Crippen molar-refractivity contribution in [1.82, 2.24) is 0 Å². The second-order valence-electron chi connectivity index (χ2n) is 2.86. The van der Waals surface area contributed by atoms with Crippen LogP contribution in [0.1, 0.15) is 6.92 Å². The van der Waals surface area contributed by atoms with Crippen molar-refractivity contribution < 1.29 is 9.18 Å². The van der Waals surface area contributed by atoms with Crippen molar-refractivity contribution in [2.24, 2.45) is 0 Å². The molecule has 0 aromatic heterocycles. The van der Waals surface area contributed by atoms with Crippen molar-refractivity contribution in [2.75, 3.05) is 5.32 Å². The van der Waals surface area contributed by atoms with Gasteiger partial charge in [0.2, 0.25) is 0 Å². The van der Waals surface area contributed by atoms with Crippen molar-refractivity contribution in [3.8, 4) is 0 Å². The standard InChI is InChI=1S/C10H9ClFNO/c1-6(2)10(14)13-7-3-4-9(12)8(11)5-7/h3-5H,1H2,2H3,(H,13,14). The van der Waals surface area contributed by atoms with Crippen molar-refractivity contribution in [1.29, 1.82) is 0 Å². The summed E-state index contributed by atoms with van der Waals surface area (Å²) in [4.78, 5) is 11.2. The van der Waals surface area contributed by atoms with Crippen LogP contribution in [0, 0.1) is 5.82 Å². The Labute approximate surface area is 86.4 Å². The molecule has 1 amide bonds. The summed E-state index contributed by atoms with van der Waals surface area (Å²) in [6.07, 6.45) is 0. The predicted octanol–water partition coefficient (Wildman–Crippen LogP) is 2.99. The molecule has 1 aromatic rings. The molecule has 0 fully saturated rings. The van der Waals surface area contributed by atoms with Crippen LogP contribution in [0.4, 0.5) is 10.1 Å². The van der Waals surface area contributed by atoms with Gasteiger partial charge in [0.05, 0.1) is 5.02 Å². The summed E-state index contributed by atoms with van der Waals surface area (Å²) in [6, 6.07) is 3.97. The zero-order chi connectivity index (χ0) is 10.7. The molecule has 0 aliphatic rings. The van der Waals surface area contributed by atoms with Crippen molar-refractivity contribution in [2.45, 2.75) is 6.92 Å². The van der Waals surface area contributed by atoms with Gasteiger partial charge < -0.3 is 5.32 Å². The van der Waals surface area contributed by atoms with Crippen LogP contribution in [-0.2, 0) is 4.79 Å². The largest absolute Gasteiger partial charge is 0.322 e. The summed E-state index contributed by atoms with van der Waals surface area (Å²) in [6.45, 7) is 5.06. The fourth-order valence-electron chi connectivity index (χ4n) is 0.812. The highest BCUT2D eigenvalue weighted by Gasteiger charge is 2.04. The normalized spacial score (nSPS) is 9.64. The number of carbonyl (C=O) groups excluding carboxylic acids is 1. The summed E-state index contributed by atoms with van der Waals surface area (Å²) in [7, 11) is 0. The highest BCUT2D eigenvalue weighted by Crippen LogP contribution is 2.19. The first kappa shape index (κ1) is 10.7. The topological polar surface area (TPSA) is 29.1 Å². The molecule has 1 rings (SSSR count). The zero-order valence-electron chi connectivity index (χ0n) is 7.60. The highest BCUT2D eigenvalue weighted by molar-refractivity contribution is 6.31. The Morgan fingerprint density at radius 1 is 1.57 bits per heavy atom. The van der Waals surface area contributed by atoms with Crippen LogP contribution in [0.5, 0.6) is 0 Å². The van der Waals surface area contributed by atoms with Gasteiger partial charge in [0.25, 0.3) is 5.91 Å². The van der Waals surface area contributed by atoms with Crippen LogP contribution in [-0.4, -0.2) is 5.91 Å². The number of amides is 1. The van der Waals surface area contributed by atoms with Crippen molar-refractivity contribution >= 4 is 23.2 Å². The van der Waals surface area contributed by atoms with E-state index in [-0.39, 0.29) is 10.9 Å². The first-order valence-corrected chi connectivity index (χ1v) is 4.30. The molecule has 0 saturated carbocycles. The third kappa shape index (κ3) is 2.57. The maximum Gasteiger partial charge on any atom is 0.250 e. The summed E-state index contributed by atoms with van der Waals surface area (Å²) < 4.78 is 12.7. The quantitative estimate of drug-likeness (QED) is 0.752. The van der Waals surface area contributed by atoms with E-state index in [4.69, 9.17) is 11.6 Å².